The molecule has 6 heteroatoms. The number of amides is 1. The Morgan fingerprint density at radius 3 is 2.91 bits per heavy atom. The van der Waals surface area contributed by atoms with Crippen LogP contribution in [0.3, 0.4) is 0 Å². The van der Waals surface area contributed by atoms with Crippen molar-refractivity contribution in [1.82, 2.24) is 14.7 Å². The highest BCUT2D eigenvalue weighted by Crippen LogP contribution is 2.31. The normalized spacial score (nSPS) is 24.7. The van der Waals surface area contributed by atoms with Gasteiger partial charge in [-0.2, -0.15) is 5.10 Å². The number of aromatic nitrogens is 2. The number of anilines is 1. The summed E-state index contributed by atoms with van der Waals surface area (Å²) >= 11 is 0. The molecule has 2 N–H and O–H groups in total. The fraction of sp³-hybridized carbons (Fsp3) is 0.750. The van der Waals surface area contributed by atoms with Crippen LogP contribution in [-0.4, -0.2) is 51.4 Å². The van der Waals surface area contributed by atoms with E-state index in [-0.39, 0.29) is 17.9 Å². The van der Waals surface area contributed by atoms with E-state index in [1.54, 1.807) is 6.20 Å². The van der Waals surface area contributed by atoms with Crippen LogP contribution < -0.4 is 5.32 Å². The molecule has 2 aliphatic rings. The molecule has 0 bridgehead atoms. The monoisotopic (exact) mass is 306 g/mol. The summed E-state index contributed by atoms with van der Waals surface area (Å²) in [5, 5.41) is 17.0. The van der Waals surface area contributed by atoms with E-state index in [0.717, 1.165) is 38.2 Å². The number of carbonyl (C=O) groups is 1. The van der Waals surface area contributed by atoms with Crippen molar-refractivity contribution in [3.8, 4) is 0 Å². The average molecular weight is 306 g/mol. The van der Waals surface area contributed by atoms with Gasteiger partial charge in [-0.3, -0.25) is 9.69 Å². The summed E-state index contributed by atoms with van der Waals surface area (Å²) in [6.45, 7) is 3.89. The SMILES string of the molecule is CC(O)C1CCN(CC(=O)Nc2ccnn2C2CCCC2)C1. The van der Waals surface area contributed by atoms with Gasteiger partial charge in [-0.1, -0.05) is 12.8 Å². The third-order valence-corrected chi connectivity index (χ3v) is 4.97. The number of nitrogens with one attached hydrogen (secondary N) is 1. The fourth-order valence-electron chi connectivity index (χ4n) is 3.64. The Kier molecular flexibility index (Phi) is 4.78. The average Bonchev–Trinajstić information content (AvgIpc) is 3.18. The van der Waals surface area contributed by atoms with Gasteiger partial charge in [-0.05, 0) is 38.6 Å². The topological polar surface area (TPSA) is 70.4 Å². The lowest BCUT2D eigenvalue weighted by atomic mass is 10.0. The lowest BCUT2D eigenvalue weighted by Gasteiger charge is -2.18. The smallest absolute Gasteiger partial charge is 0.239 e. The lowest BCUT2D eigenvalue weighted by molar-refractivity contribution is -0.117. The highest BCUT2D eigenvalue weighted by atomic mass is 16.3. The minimum atomic E-state index is -0.295. The Hall–Kier alpha value is -1.40. The van der Waals surface area contributed by atoms with Gasteiger partial charge >= 0.3 is 0 Å². The molecule has 0 radical (unpaired) electrons. The maximum atomic E-state index is 12.3. The lowest BCUT2D eigenvalue weighted by Crippen LogP contribution is -2.33. The summed E-state index contributed by atoms with van der Waals surface area (Å²) in [6, 6.07) is 2.30. The van der Waals surface area contributed by atoms with Gasteiger partial charge in [-0.15, -0.1) is 0 Å². The number of rotatable bonds is 5. The molecule has 1 aliphatic carbocycles. The summed E-state index contributed by atoms with van der Waals surface area (Å²) in [5.74, 6) is 1.10. The summed E-state index contributed by atoms with van der Waals surface area (Å²) in [7, 11) is 0. The molecular formula is C16H26N4O2. The highest BCUT2D eigenvalue weighted by Gasteiger charge is 2.27. The van der Waals surface area contributed by atoms with Crippen LogP contribution in [0, 0.1) is 5.92 Å². The van der Waals surface area contributed by atoms with Crippen molar-refractivity contribution in [2.45, 2.75) is 51.2 Å². The van der Waals surface area contributed by atoms with E-state index in [9.17, 15) is 9.90 Å². The molecule has 22 heavy (non-hydrogen) atoms. The van der Waals surface area contributed by atoms with E-state index in [0.29, 0.717) is 12.6 Å². The zero-order valence-corrected chi connectivity index (χ0v) is 13.2. The fourth-order valence-corrected chi connectivity index (χ4v) is 3.64. The molecule has 0 spiro atoms. The van der Waals surface area contributed by atoms with Gasteiger partial charge < -0.3 is 10.4 Å². The molecule has 1 aromatic rings. The van der Waals surface area contributed by atoms with Crippen molar-refractivity contribution in [3.63, 3.8) is 0 Å². The molecule has 1 amide bonds. The predicted molar refractivity (Wildman–Crippen MR) is 84.6 cm³/mol. The number of aliphatic hydroxyl groups excluding tert-OH is 1. The summed E-state index contributed by atoms with van der Waals surface area (Å²) in [6.07, 6.45) is 7.20. The van der Waals surface area contributed by atoms with Crippen molar-refractivity contribution in [3.05, 3.63) is 12.3 Å². The number of likely N-dealkylation sites (tertiary alicyclic amines) is 1. The molecule has 3 rings (SSSR count). The number of hydrogen-bond donors (Lipinski definition) is 2. The molecule has 2 atom stereocenters. The third-order valence-electron chi connectivity index (χ3n) is 4.97. The Morgan fingerprint density at radius 2 is 2.23 bits per heavy atom. The number of hydrogen-bond acceptors (Lipinski definition) is 4. The Balaban J connectivity index is 1.53. The second kappa shape index (κ2) is 6.79. The maximum absolute atomic E-state index is 12.3. The first-order valence-corrected chi connectivity index (χ1v) is 8.37. The van der Waals surface area contributed by atoms with Gasteiger partial charge in [0.25, 0.3) is 0 Å². The molecular weight excluding hydrogens is 280 g/mol. The second-order valence-corrected chi connectivity index (χ2v) is 6.67. The first kappa shape index (κ1) is 15.5. The molecule has 2 fully saturated rings. The molecule has 2 unspecified atom stereocenters. The molecule has 1 aliphatic heterocycles. The summed E-state index contributed by atoms with van der Waals surface area (Å²) in [4.78, 5) is 14.4. The molecule has 0 aromatic carbocycles. The van der Waals surface area contributed by atoms with Gasteiger partial charge in [-0.25, -0.2) is 4.68 Å². The molecule has 6 nitrogen and oxygen atoms in total. The number of carbonyl (C=O) groups excluding carboxylic acids is 1. The summed E-state index contributed by atoms with van der Waals surface area (Å²) in [5.41, 5.74) is 0. The Labute approximate surface area is 131 Å². The third kappa shape index (κ3) is 3.50. The summed E-state index contributed by atoms with van der Waals surface area (Å²) < 4.78 is 1.97. The van der Waals surface area contributed by atoms with Gasteiger partial charge in [0.15, 0.2) is 0 Å². The molecule has 1 aromatic heterocycles. The minimum Gasteiger partial charge on any atom is -0.393 e. The predicted octanol–water partition coefficient (Wildman–Crippen LogP) is 1.64. The quantitative estimate of drug-likeness (QED) is 0.867. The van der Waals surface area contributed by atoms with Crippen LogP contribution in [0.5, 0.6) is 0 Å². The van der Waals surface area contributed by atoms with E-state index in [2.05, 4.69) is 15.3 Å². The van der Waals surface area contributed by atoms with Crippen LogP contribution in [0.4, 0.5) is 5.82 Å². The van der Waals surface area contributed by atoms with Crippen molar-refractivity contribution in [2.24, 2.45) is 5.92 Å². The molecule has 2 heterocycles. The van der Waals surface area contributed by atoms with E-state index in [1.165, 1.54) is 12.8 Å². The van der Waals surface area contributed by atoms with Gasteiger partial charge in [0, 0.05) is 12.6 Å². The first-order chi connectivity index (χ1) is 10.6. The number of nitrogens with zero attached hydrogens (tertiary/aromatic N) is 3. The highest BCUT2D eigenvalue weighted by molar-refractivity contribution is 5.91. The van der Waals surface area contributed by atoms with E-state index in [4.69, 9.17) is 0 Å². The van der Waals surface area contributed by atoms with Crippen LogP contribution >= 0.6 is 0 Å². The standard InChI is InChI=1S/C16H26N4O2/c1-12(21)13-7-9-19(10-13)11-16(22)18-15-6-8-17-20(15)14-4-2-3-5-14/h6,8,12-14,21H,2-5,7,9-11H2,1H3,(H,18,22). The van der Waals surface area contributed by atoms with Crippen molar-refractivity contribution in [1.29, 1.82) is 0 Å². The maximum Gasteiger partial charge on any atom is 0.239 e. The first-order valence-electron chi connectivity index (χ1n) is 8.37. The van der Waals surface area contributed by atoms with Gasteiger partial charge in [0.05, 0.1) is 24.9 Å². The zero-order valence-electron chi connectivity index (χ0n) is 13.2. The minimum absolute atomic E-state index is 0.00555. The zero-order chi connectivity index (χ0) is 15.5. The second-order valence-electron chi connectivity index (χ2n) is 6.67. The largest absolute Gasteiger partial charge is 0.393 e. The number of aliphatic hydroxyl groups is 1. The van der Waals surface area contributed by atoms with Crippen LogP contribution in [0.15, 0.2) is 12.3 Å². The van der Waals surface area contributed by atoms with Gasteiger partial charge in [0.1, 0.15) is 5.82 Å². The van der Waals surface area contributed by atoms with E-state index in [1.807, 2.05) is 17.7 Å². The van der Waals surface area contributed by atoms with Crippen molar-refractivity contribution in [2.75, 3.05) is 25.0 Å². The van der Waals surface area contributed by atoms with E-state index >= 15 is 0 Å². The molecule has 122 valence electrons. The molecule has 1 saturated heterocycles. The van der Waals surface area contributed by atoms with Crippen molar-refractivity contribution < 1.29 is 9.90 Å². The van der Waals surface area contributed by atoms with Crippen molar-refractivity contribution >= 4 is 11.7 Å². The van der Waals surface area contributed by atoms with Crippen LogP contribution in [0.25, 0.3) is 0 Å². The van der Waals surface area contributed by atoms with Crippen LogP contribution in [0.1, 0.15) is 45.1 Å². The Bertz CT molecular complexity index is 508. The van der Waals surface area contributed by atoms with Gasteiger partial charge in [0.2, 0.25) is 5.91 Å². The van der Waals surface area contributed by atoms with Crippen LogP contribution in [-0.2, 0) is 4.79 Å². The Morgan fingerprint density at radius 1 is 1.45 bits per heavy atom. The van der Waals surface area contributed by atoms with Crippen LogP contribution in [0.2, 0.25) is 0 Å². The van der Waals surface area contributed by atoms with E-state index < -0.39 is 0 Å². The molecule has 1 saturated carbocycles.